The van der Waals surface area contributed by atoms with Crippen LogP contribution in [-0.4, -0.2) is 60.6 Å². The molecule has 0 aliphatic carbocycles. The fraction of sp³-hybridized carbons (Fsp3) is 0.600. The SMILES string of the molecule is CSc1ccccc1NC(=O)CN(C)[C@H](C)C(=O)N1C[C@H](C)C[C@H](C)C1. The van der Waals surface area contributed by atoms with Gasteiger partial charge in [-0.25, -0.2) is 0 Å². The summed E-state index contributed by atoms with van der Waals surface area (Å²) >= 11 is 1.60. The molecule has 1 N–H and O–H groups in total. The lowest BCUT2D eigenvalue weighted by atomic mass is 9.91. The molecule has 1 saturated heterocycles. The van der Waals surface area contributed by atoms with Gasteiger partial charge < -0.3 is 10.2 Å². The van der Waals surface area contributed by atoms with Crippen molar-refractivity contribution in [2.24, 2.45) is 11.8 Å². The van der Waals surface area contributed by atoms with E-state index in [2.05, 4.69) is 19.2 Å². The number of likely N-dealkylation sites (tertiary alicyclic amines) is 1. The van der Waals surface area contributed by atoms with Crippen LogP contribution in [0.2, 0.25) is 0 Å². The van der Waals surface area contributed by atoms with E-state index in [4.69, 9.17) is 0 Å². The number of nitrogens with zero attached hydrogens (tertiary/aromatic N) is 2. The van der Waals surface area contributed by atoms with Crippen molar-refractivity contribution in [3.05, 3.63) is 24.3 Å². The number of para-hydroxylation sites is 1. The van der Waals surface area contributed by atoms with Gasteiger partial charge in [-0.05, 0) is 50.6 Å². The van der Waals surface area contributed by atoms with E-state index in [1.807, 2.05) is 54.3 Å². The van der Waals surface area contributed by atoms with Gasteiger partial charge in [-0.3, -0.25) is 14.5 Å². The Morgan fingerprint density at radius 1 is 1.27 bits per heavy atom. The van der Waals surface area contributed by atoms with Gasteiger partial charge in [0, 0.05) is 18.0 Å². The third-order valence-electron chi connectivity index (χ3n) is 4.97. The number of thioether (sulfide) groups is 1. The highest BCUT2D eigenvalue weighted by molar-refractivity contribution is 7.98. The standard InChI is InChI=1S/C20H31N3O2S/c1-14-10-15(2)12-23(11-14)20(25)16(3)22(4)13-19(24)21-17-8-6-7-9-18(17)26-5/h6-9,14-16H,10-13H2,1-5H3,(H,21,24)/t14-,15+,16-/m1/s1. The number of piperidine rings is 1. The van der Waals surface area contributed by atoms with Gasteiger partial charge in [0.15, 0.2) is 0 Å². The smallest absolute Gasteiger partial charge is 0.239 e. The molecule has 5 nitrogen and oxygen atoms in total. The average molecular weight is 378 g/mol. The van der Waals surface area contributed by atoms with Crippen LogP contribution in [0.15, 0.2) is 29.2 Å². The summed E-state index contributed by atoms with van der Waals surface area (Å²) in [5.41, 5.74) is 0.816. The normalized spacial score (nSPS) is 21.5. The van der Waals surface area contributed by atoms with Gasteiger partial charge in [0.1, 0.15) is 0 Å². The molecule has 0 bridgehead atoms. The Morgan fingerprint density at radius 2 is 1.88 bits per heavy atom. The molecule has 1 aliphatic heterocycles. The molecular weight excluding hydrogens is 346 g/mol. The Balaban J connectivity index is 1.92. The minimum atomic E-state index is -0.311. The van der Waals surface area contributed by atoms with E-state index < -0.39 is 0 Å². The zero-order valence-electron chi connectivity index (χ0n) is 16.5. The van der Waals surface area contributed by atoms with Crippen molar-refractivity contribution in [2.45, 2.75) is 38.1 Å². The number of amides is 2. The van der Waals surface area contributed by atoms with Crippen LogP contribution in [0, 0.1) is 11.8 Å². The molecule has 0 saturated carbocycles. The molecule has 26 heavy (non-hydrogen) atoms. The highest BCUT2D eigenvalue weighted by Gasteiger charge is 2.30. The molecule has 1 heterocycles. The maximum Gasteiger partial charge on any atom is 0.239 e. The second-order valence-electron chi connectivity index (χ2n) is 7.53. The quantitative estimate of drug-likeness (QED) is 0.774. The van der Waals surface area contributed by atoms with E-state index >= 15 is 0 Å². The van der Waals surface area contributed by atoms with Crippen molar-refractivity contribution in [1.29, 1.82) is 0 Å². The summed E-state index contributed by atoms with van der Waals surface area (Å²) in [6, 6.07) is 7.43. The van der Waals surface area contributed by atoms with E-state index in [1.54, 1.807) is 11.8 Å². The Morgan fingerprint density at radius 3 is 2.50 bits per heavy atom. The maximum atomic E-state index is 12.8. The number of rotatable bonds is 6. The predicted molar refractivity (Wildman–Crippen MR) is 108 cm³/mol. The number of benzene rings is 1. The first-order valence-corrected chi connectivity index (χ1v) is 10.5. The fourth-order valence-electron chi connectivity index (χ4n) is 3.60. The van der Waals surface area contributed by atoms with Crippen molar-refractivity contribution >= 4 is 29.3 Å². The Labute approximate surface area is 161 Å². The highest BCUT2D eigenvalue weighted by Crippen LogP contribution is 2.25. The summed E-state index contributed by atoms with van der Waals surface area (Å²) < 4.78 is 0. The largest absolute Gasteiger partial charge is 0.341 e. The van der Waals surface area contributed by atoms with E-state index in [0.29, 0.717) is 11.8 Å². The fourth-order valence-corrected chi connectivity index (χ4v) is 4.15. The topological polar surface area (TPSA) is 52.7 Å². The van der Waals surface area contributed by atoms with Gasteiger partial charge in [-0.2, -0.15) is 0 Å². The van der Waals surface area contributed by atoms with Crippen molar-refractivity contribution in [3.8, 4) is 0 Å². The molecule has 0 unspecified atom stereocenters. The van der Waals surface area contributed by atoms with Crippen LogP contribution >= 0.6 is 11.8 Å². The Kier molecular flexibility index (Phi) is 7.53. The summed E-state index contributed by atoms with van der Waals surface area (Å²) in [4.78, 5) is 30.0. The molecule has 2 rings (SSSR count). The minimum absolute atomic E-state index is 0.103. The van der Waals surface area contributed by atoms with Gasteiger partial charge in [-0.1, -0.05) is 26.0 Å². The van der Waals surface area contributed by atoms with Gasteiger partial charge in [0.25, 0.3) is 0 Å². The van der Waals surface area contributed by atoms with Crippen LogP contribution in [0.4, 0.5) is 5.69 Å². The molecule has 0 radical (unpaired) electrons. The lowest BCUT2D eigenvalue weighted by molar-refractivity contribution is -0.139. The second-order valence-corrected chi connectivity index (χ2v) is 8.38. The Hall–Kier alpha value is -1.53. The number of hydrogen-bond donors (Lipinski definition) is 1. The molecule has 1 aliphatic rings. The molecular formula is C20H31N3O2S. The van der Waals surface area contributed by atoms with Crippen molar-refractivity contribution in [3.63, 3.8) is 0 Å². The zero-order valence-corrected chi connectivity index (χ0v) is 17.3. The van der Waals surface area contributed by atoms with Gasteiger partial charge >= 0.3 is 0 Å². The van der Waals surface area contributed by atoms with Crippen molar-refractivity contribution in [2.75, 3.05) is 38.3 Å². The lowest BCUT2D eigenvalue weighted by Gasteiger charge is -2.38. The van der Waals surface area contributed by atoms with E-state index in [9.17, 15) is 9.59 Å². The molecule has 0 spiro atoms. The van der Waals surface area contributed by atoms with Crippen LogP contribution < -0.4 is 5.32 Å². The van der Waals surface area contributed by atoms with Crippen molar-refractivity contribution in [1.82, 2.24) is 9.80 Å². The van der Waals surface area contributed by atoms with Crippen LogP contribution in [-0.2, 0) is 9.59 Å². The van der Waals surface area contributed by atoms with Crippen LogP contribution in [0.3, 0.4) is 0 Å². The molecule has 6 heteroatoms. The third kappa shape index (κ3) is 5.48. The van der Waals surface area contributed by atoms with Crippen LogP contribution in [0.1, 0.15) is 27.2 Å². The predicted octanol–water partition coefficient (Wildman–Crippen LogP) is 3.17. The molecule has 1 aromatic rings. The molecule has 144 valence electrons. The zero-order chi connectivity index (χ0) is 19.3. The van der Waals surface area contributed by atoms with Crippen molar-refractivity contribution < 1.29 is 9.59 Å². The first-order valence-electron chi connectivity index (χ1n) is 9.23. The number of carbonyl (C=O) groups excluding carboxylic acids is 2. The maximum absolute atomic E-state index is 12.8. The minimum Gasteiger partial charge on any atom is -0.341 e. The number of nitrogens with one attached hydrogen (secondary N) is 1. The first kappa shape index (κ1) is 20.8. The summed E-state index contributed by atoms with van der Waals surface area (Å²) in [5.74, 6) is 1.08. The number of hydrogen-bond acceptors (Lipinski definition) is 4. The van der Waals surface area contributed by atoms with E-state index in [0.717, 1.165) is 23.7 Å². The van der Waals surface area contributed by atoms with E-state index in [1.165, 1.54) is 6.42 Å². The monoisotopic (exact) mass is 377 g/mol. The second kappa shape index (κ2) is 9.42. The summed E-state index contributed by atoms with van der Waals surface area (Å²) in [7, 11) is 1.83. The summed E-state index contributed by atoms with van der Waals surface area (Å²) in [6.45, 7) is 8.09. The van der Waals surface area contributed by atoms with Gasteiger partial charge in [0.05, 0.1) is 18.3 Å². The first-order chi connectivity index (χ1) is 12.3. The third-order valence-corrected chi connectivity index (χ3v) is 5.77. The molecule has 3 atom stereocenters. The van der Waals surface area contributed by atoms with Crippen LogP contribution in [0.5, 0.6) is 0 Å². The number of anilines is 1. The number of carbonyl (C=O) groups is 2. The van der Waals surface area contributed by atoms with Crippen LogP contribution in [0.25, 0.3) is 0 Å². The van der Waals surface area contributed by atoms with E-state index in [-0.39, 0.29) is 24.4 Å². The molecule has 1 fully saturated rings. The molecule has 2 amide bonds. The van der Waals surface area contributed by atoms with Gasteiger partial charge in [0.2, 0.25) is 11.8 Å². The highest BCUT2D eigenvalue weighted by atomic mass is 32.2. The summed E-state index contributed by atoms with van der Waals surface area (Å²) in [6.07, 6.45) is 3.16. The van der Waals surface area contributed by atoms with Gasteiger partial charge in [-0.15, -0.1) is 11.8 Å². The lowest BCUT2D eigenvalue weighted by Crippen LogP contribution is -2.51. The molecule has 0 aromatic heterocycles. The summed E-state index contributed by atoms with van der Waals surface area (Å²) in [5, 5.41) is 2.95. The molecule has 1 aromatic carbocycles. The number of likely N-dealkylation sites (N-methyl/N-ethyl adjacent to an activating group) is 1. The Bertz CT molecular complexity index is 627. The average Bonchev–Trinajstić information content (AvgIpc) is 2.59.